The van der Waals surface area contributed by atoms with Crippen LogP contribution >= 0.6 is 0 Å². The summed E-state index contributed by atoms with van der Waals surface area (Å²) in [6.07, 6.45) is -2.06. The molecule has 18 nitrogen and oxygen atoms in total. The number of nitrogens with zero attached hydrogens (tertiary/aromatic N) is 4. The zero-order valence-corrected chi connectivity index (χ0v) is 22.6. The number of carbonyl (C=O) groups excluding carboxylic acids is 5. The number of likely N-dealkylation sites (tertiary alicyclic amines) is 1. The van der Waals surface area contributed by atoms with Crippen LogP contribution in [0.4, 0.5) is 0 Å². The van der Waals surface area contributed by atoms with E-state index in [4.69, 9.17) is 14.9 Å². The second-order valence-corrected chi connectivity index (χ2v) is 9.39. The molecule has 0 radical (unpaired) electrons. The van der Waals surface area contributed by atoms with Crippen molar-refractivity contribution in [1.29, 1.82) is 0 Å². The van der Waals surface area contributed by atoms with E-state index < -0.39 is 79.1 Å². The summed E-state index contributed by atoms with van der Waals surface area (Å²) in [5, 5.41) is 38.1. The molecule has 2 heterocycles. The van der Waals surface area contributed by atoms with Crippen LogP contribution < -0.4 is 16.0 Å². The van der Waals surface area contributed by atoms with E-state index in [0.29, 0.717) is 6.42 Å². The van der Waals surface area contributed by atoms with Crippen LogP contribution in [-0.4, -0.2) is 109 Å². The van der Waals surface area contributed by atoms with E-state index in [2.05, 4.69) is 36.6 Å². The van der Waals surface area contributed by atoms with Gasteiger partial charge in [-0.1, -0.05) is 25.5 Å². The summed E-state index contributed by atoms with van der Waals surface area (Å²) >= 11 is 0. The Morgan fingerprint density at radius 1 is 1.05 bits per heavy atom. The monoisotopic (exact) mass is 582 g/mol. The average molecular weight is 583 g/mol. The lowest BCUT2D eigenvalue weighted by Gasteiger charge is -2.26. The van der Waals surface area contributed by atoms with Gasteiger partial charge in [0.2, 0.25) is 23.6 Å². The molecule has 1 aromatic rings. The van der Waals surface area contributed by atoms with Gasteiger partial charge in [-0.05, 0) is 5.92 Å². The van der Waals surface area contributed by atoms with Gasteiger partial charge in [0.15, 0.2) is 5.82 Å². The van der Waals surface area contributed by atoms with E-state index in [1.54, 1.807) is 13.8 Å². The maximum Gasteiger partial charge on any atom is 0.306 e. The highest BCUT2D eigenvalue weighted by Crippen LogP contribution is 2.22. The molecule has 226 valence electrons. The van der Waals surface area contributed by atoms with Crippen molar-refractivity contribution in [3.05, 3.63) is 5.82 Å². The van der Waals surface area contributed by atoms with Crippen molar-refractivity contribution in [1.82, 2.24) is 41.5 Å². The summed E-state index contributed by atoms with van der Waals surface area (Å²) in [6.45, 7) is 2.66. The molecule has 2 rings (SSSR count). The number of ether oxygens (including phenoxy) is 1. The predicted molar refractivity (Wildman–Crippen MR) is 134 cm³/mol. The van der Waals surface area contributed by atoms with Crippen LogP contribution in [0.1, 0.15) is 58.2 Å². The molecule has 0 aliphatic carbocycles. The van der Waals surface area contributed by atoms with Crippen molar-refractivity contribution in [3.8, 4) is 0 Å². The topological polar surface area (TPSA) is 263 Å². The first-order valence-electron chi connectivity index (χ1n) is 12.9. The first-order valence-corrected chi connectivity index (χ1v) is 12.9. The lowest BCUT2D eigenvalue weighted by Crippen LogP contribution is -2.53. The van der Waals surface area contributed by atoms with E-state index in [1.807, 2.05) is 0 Å². The van der Waals surface area contributed by atoms with E-state index >= 15 is 0 Å². The molecule has 1 fully saturated rings. The minimum atomic E-state index is -1.19. The number of esters is 1. The zero-order valence-electron chi connectivity index (χ0n) is 22.6. The molecule has 0 unspecified atom stereocenters. The fraction of sp³-hybridized carbons (Fsp3) is 0.652. The molecule has 0 saturated carbocycles. The van der Waals surface area contributed by atoms with Gasteiger partial charge in [0.1, 0.15) is 18.2 Å². The third kappa shape index (κ3) is 10.8. The van der Waals surface area contributed by atoms with Crippen molar-refractivity contribution in [2.45, 2.75) is 77.1 Å². The standard InChI is InChI=1S/C23H34N8O10/c1-3-12(2)21(26-16(32)4-5-18(34)35)23(40)25-10-17(33)31-11-13(41-20(38)7-6-19(36)37)8-14(31)22(39)24-9-15-27-29-30-28-15/h12-14,21H,3-11H2,1-2H3,(H,24,39)(H,25,40)(H,26,32)(H,34,35)(H,36,37)(H,27,28,29,30)/t12-,13+,14-,21-/m0/s1. The molecular formula is C23H34N8O10. The molecule has 1 aliphatic rings. The van der Waals surface area contributed by atoms with Crippen LogP contribution in [-0.2, 0) is 44.8 Å². The number of aromatic nitrogens is 4. The number of tetrazole rings is 1. The summed E-state index contributed by atoms with van der Waals surface area (Å²) in [5.41, 5.74) is 0. The number of rotatable bonds is 16. The van der Waals surface area contributed by atoms with Gasteiger partial charge in [0, 0.05) is 12.8 Å². The molecular weight excluding hydrogens is 548 g/mol. The number of amides is 4. The highest BCUT2D eigenvalue weighted by Gasteiger charge is 2.41. The SMILES string of the molecule is CC[C@H](C)[C@H](NC(=O)CCC(=O)O)C(=O)NCC(=O)N1C[C@H](OC(=O)CCC(=O)O)C[C@H]1C(=O)NCc1nn[nH]n1. The quantitative estimate of drug-likeness (QED) is 0.112. The second-order valence-electron chi connectivity index (χ2n) is 9.39. The minimum absolute atomic E-state index is 0.0777. The number of carbonyl (C=O) groups is 7. The lowest BCUT2D eigenvalue weighted by molar-refractivity contribution is -0.152. The van der Waals surface area contributed by atoms with Gasteiger partial charge in [0.05, 0.1) is 38.9 Å². The Bertz CT molecular complexity index is 1110. The van der Waals surface area contributed by atoms with Crippen LogP contribution in [0.25, 0.3) is 0 Å². The summed E-state index contributed by atoms with van der Waals surface area (Å²) in [6, 6.07) is -2.13. The van der Waals surface area contributed by atoms with Crippen LogP contribution in [0, 0.1) is 5.92 Å². The van der Waals surface area contributed by atoms with Crippen molar-refractivity contribution in [2.75, 3.05) is 13.1 Å². The Morgan fingerprint density at radius 2 is 1.73 bits per heavy atom. The Labute approximate surface area is 233 Å². The van der Waals surface area contributed by atoms with Crippen LogP contribution in [0.2, 0.25) is 0 Å². The second kappa shape index (κ2) is 15.8. The fourth-order valence-electron chi connectivity index (χ4n) is 3.94. The molecule has 4 atom stereocenters. The van der Waals surface area contributed by atoms with Gasteiger partial charge in [0.25, 0.3) is 0 Å². The highest BCUT2D eigenvalue weighted by atomic mass is 16.5. The molecule has 0 spiro atoms. The number of carboxylic acids is 2. The van der Waals surface area contributed by atoms with Crippen LogP contribution in [0.3, 0.4) is 0 Å². The van der Waals surface area contributed by atoms with Crippen molar-refractivity contribution in [3.63, 3.8) is 0 Å². The van der Waals surface area contributed by atoms with E-state index in [0.717, 1.165) is 4.90 Å². The number of hydrogen-bond acceptors (Lipinski definition) is 11. The van der Waals surface area contributed by atoms with Gasteiger partial charge in [-0.25, -0.2) is 0 Å². The predicted octanol–water partition coefficient (Wildman–Crippen LogP) is -2.29. The Morgan fingerprint density at radius 3 is 2.34 bits per heavy atom. The fourth-order valence-corrected chi connectivity index (χ4v) is 3.94. The zero-order chi connectivity index (χ0) is 30.5. The first kappa shape index (κ1) is 32.6. The van der Waals surface area contributed by atoms with Crippen molar-refractivity contribution < 1.29 is 48.5 Å². The van der Waals surface area contributed by atoms with E-state index in [9.17, 15) is 33.6 Å². The molecule has 6 N–H and O–H groups in total. The number of H-pyrrole nitrogens is 1. The number of aliphatic carboxylic acids is 2. The smallest absolute Gasteiger partial charge is 0.306 e. The van der Waals surface area contributed by atoms with Gasteiger partial charge in [-0.2, -0.15) is 5.21 Å². The average Bonchev–Trinajstić information content (AvgIpc) is 3.60. The molecule has 41 heavy (non-hydrogen) atoms. The summed E-state index contributed by atoms with van der Waals surface area (Å²) in [4.78, 5) is 85.7. The van der Waals surface area contributed by atoms with Crippen molar-refractivity contribution in [2.24, 2.45) is 5.92 Å². The van der Waals surface area contributed by atoms with Gasteiger partial charge >= 0.3 is 17.9 Å². The molecule has 1 saturated heterocycles. The summed E-state index contributed by atoms with van der Waals surface area (Å²) < 4.78 is 5.27. The number of carboxylic acid groups (broad SMARTS) is 2. The maximum atomic E-state index is 13.1. The minimum Gasteiger partial charge on any atom is -0.481 e. The number of hydrogen-bond donors (Lipinski definition) is 6. The molecule has 4 amide bonds. The van der Waals surface area contributed by atoms with Crippen molar-refractivity contribution >= 4 is 41.5 Å². The number of nitrogens with one attached hydrogen (secondary N) is 4. The first-order chi connectivity index (χ1) is 19.4. The van der Waals surface area contributed by atoms with Gasteiger partial charge in [-0.15, -0.1) is 10.2 Å². The van der Waals surface area contributed by atoms with E-state index in [-0.39, 0.29) is 44.1 Å². The van der Waals surface area contributed by atoms with Gasteiger partial charge in [-0.3, -0.25) is 33.6 Å². The van der Waals surface area contributed by atoms with Gasteiger partial charge < -0.3 is 35.8 Å². The van der Waals surface area contributed by atoms with Crippen LogP contribution in [0.15, 0.2) is 0 Å². The normalized spacial score (nSPS) is 17.7. The maximum absolute atomic E-state index is 13.1. The highest BCUT2D eigenvalue weighted by molar-refractivity contribution is 5.93. The summed E-state index contributed by atoms with van der Waals surface area (Å²) in [7, 11) is 0. The third-order valence-electron chi connectivity index (χ3n) is 6.33. The molecule has 1 aliphatic heterocycles. The lowest BCUT2D eigenvalue weighted by atomic mass is 9.98. The summed E-state index contributed by atoms with van der Waals surface area (Å²) in [5.74, 6) is -5.92. The third-order valence-corrected chi connectivity index (χ3v) is 6.33. The molecule has 0 bridgehead atoms. The molecule has 0 aromatic carbocycles. The molecule has 18 heteroatoms. The Balaban J connectivity index is 2.06. The Kier molecular flexibility index (Phi) is 12.6. The Hall–Kier alpha value is -4.64. The van der Waals surface area contributed by atoms with E-state index in [1.165, 1.54) is 0 Å². The number of aromatic amines is 1. The largest absolute Gasteiger partial charge is 0.481 e. The molecule has 1 aromatic heterocycles. The van der Waals surface area contributed by atoms with Crippen LogP contribution in [0.5, 0.6) is 0 Å².